The van der Waals surface area contributed by atoms with Gasteiger partial charge < -0.3 is 14.2 Å². The average Bonchev–Trinajstić information content (AvgIpc) is 3.55. The Hall–Kier alpha value is -4.66. The molecule has 0 aliphatic carbocycles. The molecule has 3 aromatic carbocycles. The third-order valence-electron chi connectivity index (χ3n) is 9.19. The second-order valence-corrected chi connectivity index (χ2v) is 13.7. The third-order valence-corrected chi connectivity index (χ3v) is 9.19. The van der Waals surface area contributed by atoms with E-state index >= 15 is 0 Å². The molecule has 0 spiro atoms. The molecule has 1 aromatic heterocycles. The van der Waals surface area contributed by atoms with Crippen LogP contribution in [0.5, 0.6) is 11.5 Å². The molecular weight excluding hydrogens is 590 g/mol. The van der Waals surface area contributed by atoms with Crippen LogP contribution in [0.3, 0.4) is 0 Å². The van der Waals surface area contributed by atoms with Crippen LogP contribution in [0.15, 0.2) is 72.8 Å². The second-order valence-electron chi connectivity index (χ2n) is 13.7. The molecule has 2 saturated heterocycles. The number of rotatable bonds is 10. The van der Waals surface area contributed by atoms with E-state index in [-0.39, 0.29) is 36.2 Å². The summed E-state index contributed by atoms with van der Waals surface area (Å²) >= 11 is 0. The number of urea groups is 1. The van der Waals surface area contributed by atoms with Crippen LogP contribution < -0.4 is 9.64 Å². The molecule has 2 aliphatic rings. The lowest BCUT2D eigenvalue weighted by molar-refractivity contribution is -0.135. The van der Waals surface area contributed by atoms with Crippen molar-refractivity contribution in [1.29, 1.82) is 0 Å². The number of carbonyl (C=O) groups is 3. The monoisotopic (exact) mass is 635 g/mol. The molecule has 47 heavy (non-hydrogen) atoms. The van der Waals surface area contributed by atoms with Crippen LogP contribution in [0.4, 0.5) is 10.5 Å². The lowest BCUT2D eigenvalue weighted by Gasteiger charge is -2.36. The SMILES string of the molecule is Cc1ccc2nc([C@H](CC3CCN(C(=O)C(C)C)CC3)N3C(=O)CN(c4ccc(Oc5ccccc5)cc4)C3=O)n(CC(C)C)c2c1. The van der Waals surface area contributed by atoms with E-state index < -0.39 is 6.04 Å². The zero-order valence-corrected chi connectivity index (χ0v) is 28.1. The number of likely N-dealkylation sites (tertiary alicyclic amines) is 1. The summed E-state index contributed by atoms with van der Waals surface area (Å²) in [5.41, 5.74) is 3.64. The van der Waals surface area contributed by atoms with Gasteiger partial charge in [0.15, 0.2) is 0 Å². The highest BCUT2D eigenvalue weighted by atomic mass is 16.5. The van der Waals surface area contributed by atoms with Crippen molar-refractivity contribution in [3.63, 3.8) is 0 Å². The first-order chi connectivity index (χ1) is 22.6. The highest BCUT2D eigenvalue weighted by Gasteiger charge is 2.44. The van der Waals surface area contributed by atoms with Crippen molar-refractivity contribution >= 4 is 34.6 Å². The molecule has 1 atom stereocenters. The van der Waals surface area contributed by atoms with E-state index in [4.69, 9.17) is 9.72 Å². The van der Waals surface area contributed by atoms with Gasteiger partial charge in [-0.2, -0.15) is 0 Å². The molecule has 246 valence electrons. The number of para-hydroxylation sites is 1. The normalized spacial score (nSPS) is 16.6. The summed E-state index contributed by atoms with van der Waals surface area (Å²) in [6.45, 7) is 12.3. The molecule has 9 heteroatoms. The van der Waals surface area contributed by atoms with Crippen molar-refractivity contribution in [2.75, 3.05) is 24.5 Å². The number of anilines is 1. The maximum atomic E-state index is 14.3. The van der Waals surface area contributed by atoms with Crippen LogP contribution in [0, 0.1) is 24.7 Å². The molecule has 0 bridgehead atoms. The van der Waals surface area contributed by atoms with E-state index in [0.717, 1.165) is 47.6 Å². The van der Waals surface area contributed by atoms with Crippen molar-refractivity contribution < 1.29 is 19.1 Å². The Kier molecular flexibility index (Phi) is 9.34. The van der Waals surface area contributed by atoms with Crippen LogP contribution >= 0.6 is 0 Å². The maximum Gasteiger partial charge on any atom is 0.332 e. The van der Waals surface area contributed by atoms with Gasteiger partial charge >= 0.3 is 6.03 Å². The van der Waals surface area contributed by atoms with Gasteiger partial charge in [0.25, 0.3) is 5.91 Å². The van der Waals surface area contributed by atoms with Gasteiger partial charge in [-0.15, -0.1) is 0 Å². The van der Waals surface area contributed by atoms with E-state index in [1.165, 1.54) is 4.90 Å². The first-order valence-corrected chi connectivity index (χ1v) is 16.8. The molecule has 4 amide bonds. The predicted molar refractivity (Wildman–Crippen MR) is 183 cm³/mol. The summed E-state index contributed by atoms with van der Waals surface area (Å²) in [6, 6.07) is 22.1. The fraction of sp³-hybridized carbons (Fsp3) is 0.421. The van der Waals surface area contributed by atoms with Gasteiger partial charge in [0.1, 0.15) is 23.9 Å². The molecule has 0 saturated carbocycles. The van der Waals surface area contributed by atoms with Crippen LogP contribution in [0.2, 0.25) is 0 Å². The number of ether oxygens (including phenoxy) is 1. The smallest absolute Gasteiger partial charge is 0.332 e. The highest BCUT2D eigenvalue weighted by Crippen LogP contribution is 2.38. The van der Waals surface area contributed by atoms with Crippen LogP contribution in [-0.4, -0.2) is 56.8 Å². The summed E-state index contributed by atoms with van der Waals surface area (Å²) in [5.74, 6) is 2.57. The van der Waals surface area contributed by atoms with Gasteiger partial charge in [0, 0.05) is 31.2 Å². The van der Waals surface area contributed by atoms with Gasteiger partial charge in [0.05, 0.1) is 17.1 Å². The third kappa shape index (κ3) is 6.89. The number of imide groups is 1. The summed E-state index contributed by atoms with van der Waals surface area (Å²) in [5, 5.41) is 0. The zero-order chi connectivity index (χ0) is 33.2. The number of imidazole rings is 1. The molecule has 9 nitrogen and oxygen atoms in total. The summed E-state index contributed by atoms with van der Waals surface area (Å²) in [6.07, 6.45) is 2.24. The van der Waals surface area contributed by atoms with Gasteiger partial charge in [0.2, 0.25) is 5.91 Å². The number of nitrogens with zero attached hydrogens (tertiary/aromatic N) is 5. The Labute approximate surface area is 277 Å². The number of piperidine rings is 1. The Bertz CT molecular complexity index is 1740. The quantitative estimate of drug-likeness (QED) is 0.168. The topological polar surface area (TPSA) is 88.0 Å². The first-order valence-electron chi connectivity index (χ1n) is 16.8. The Morgan fingerprint density at radius 2 is 1.60 bits per heavy atom. The minimum atomic E-state index is -0.538. The van der Waals surface area contributed by atoms with Gasteiger partial charge in [-0.25, -0.2) is 9.78 Å². The fourth-order valence-electron chi connectivity index (χ4n) is 6.80. The van der Waals surface area contributed by atoms with Gasteiger partial charge in [-0.3, -0.25) is 19.4 Å². The maximum absolute atomic E-state index is 14.3. The minimum Gasteiger partial charge on any atom is -0.457 e. The highest BCUT2D eigenvalue weighted by molar-refractivity contribution is 6.12. The Morgan fingerprint density at radius 3 is 2.26 bits per heavy atom. The number of benzene rings is 3. The summed E-state index contributed by atoms with van der Waals surface area (Å²) < 4.78 is 8.16. The first kappa shape index (κ1) is 32.3. The van der Waals surface area contributed by atoms with Crippen molar-refractivity contribution in [2.45, 2.75) is 66.5 Å². The van der Waals surface area contributed by atoms with E-state index in [1.807, 2.05) is 85.5 Å². The standard InChI is InChI=1S/C38H45N5O4/c1-25(2)23-42-33-21-27(5)11-16-32(33)39-36(42)34(22-28-17-19-40(20-18-28)37(45)26(3)4)43-35(44)24-41(38(43)46)29-12-14-31(15-13-29)47-30-9-7-6-8-10-30/h6-16,21,25-26,28,34H,17-20,22-24H2,1-5H3/t34-/m0/s1. The Morgan fingerprint density at radius 1 is 0.915 bits per heavy atom. The van der Waals surface area contributed by atoms with Crippen molar-refractivity contribution in [3.05, 3.63) is 84.2 Å². The Balaban J connectivity index is 1.31. The molecule has 3 heterocycles. The molecule has 2 fully saturated rings. The van der Waals surface area contributed by atoms with E-state index in [0.29, 0.717) is 36.9 Å². The van der Waals surface area contributed by atoms with Crippen molar-refractivity contribution in [3.8, 4) is 11.5 Å². The number of fused-ring (bicyclic) bond motifs is 1. The second kappa shape index (κ2) is 13.6. The summed E-state index contributed by atoms with van der Waals surface area (Å²) in [7, 11) is 0. The zero-order valence-electron chi connectivity index (χ0n) is 28.1. The van der Waals surface area contributed by atoms with E-state index in [2.05, 4.69) is 31.4 Å². The van der Waals surface area contributed by atoms with Crippen LogP contribution in [0.1, 0.15) is 64.4 Å². The summed E-state index contributed by atoms with van der Waals surface area (Å²) in [4.78, 5) is 50.9. The van der Waals surface area contributed by atoms with Crippen LogP contribution in [-0.2, 0) is 16.1 Å². The van der Waals surface area contributed by atoms with Crippen LogP contribution in [0.25, 0.3) is 11.0 Å². The average molecular weight is 636 g/mol. The number of amides is 4. The number of aryl methyl sites for hydroxylation is 1. The molecule has 4 aromatic rings. The molecular formula is C38H45N5O4. The van der Waals surface area contributed by atoms with Gasteiger partial charge in [-0.05, 0) is 92.1 Å². The fourth-order valence-corrected chi connectivity index (χ4v) is 6.80. The lowest BCUT2D eigenvalue weighted by atomic mass is 9.88. The number of hydrogen-bond acceptors (Lipinski definition) is 5. The van der Waals surface area contributed by atoms with E-state index in [1.54, 1.807) is 4.90 Å². The predicted octanol–water partition coefficient (Wildman–Crippen LogP) is 7.59. The van der Waals surface area contributed by atoms with Crippen molar-refractivity contribution in [1.82, 2.24) is 19.4 Å². The molecule has 0 radical (unpaired) electrons. The lowest BCUT2D eigenvalue weighted by Crippen LogP contribution is -2.43. The molecule has 0 N–H and O–H groups in total. The van der Waals surface area contributed by atoms with Crippen molar-refractivity contribution in [2.24, 2.45) is 17.8 Å². The number of hydrogen-bond donors (Lipinski definition) is 0. The molecule has 2 aliphatic heterocycles. The van der Waals surface area contributed by atoms with E-state index in [9.17, 15) is 14.4 Å². The number of aromatic nitrogens is 2. The minimum absolute atomic E-state index is 0.0384. The molecule has 0 unspecified atom stereocenters. The molecule has 6 rings (SSSR count). The largest absolute Gasteiger partial charge is 0.457 e. The number of carbonyl (C=O) groups excluding carboxylic acids is 3. The van der Waals surface area contributed by atoms with Gasteiger partial charge in [-0.1, -0.05) is 52.0 Å².